The molecule has 13 heavy (non-hydrogen) atoms. The zero-order valence-electron chi connectivity index (χ0n) is 7.95. The smallest absolute Gasteiger partial charge is 0.150 e. The largest absolute Gasteiger partial charge is 0.378 e. The fraction of sp³-hybridized carbons (Fsp3) is 1.00. The molecule has 0 aromatic heterocycles. The Kier molecular flexibility index (Phi) is 3.32. The second-order valence-corrected chi connectivity index (χ2v) is 5.88. The van der Waals surface area contributed by atoms with Gasteiger partial charge in [-0.15, -0.1) is 0 Å². The molecule has 0 spiro atoms. The Morgan fingerprint density at radius 1 is 1.38 bits per heavy atom. The van der Waals surface area contributed by atoms with Gasteiger partial charge in [-0.3, -0.25) is 0 Å². The van der Waals surface area contributed by atoms with Crippen LogP contribution >= 0.6 is 0 Å². The molecular weight excluding hydrogens is 190 g/mol. The van der Waals surface area contributed by atoms with Crippen molar-refractivity contribution in [3.63, 3.8) is 0 Å². The van der Waals surface area contributed by atoms with Gasteiger partial charge >= 0.3 is 0 Å². The van der Waals surface area contributed by atoms with E-state index in [1.165, 1.54) is 0 Å². The molecular formula is C8H17NO3S. The molecule has 78 valence electrons. The van der Waals surface area contributed by atoms with Crippen molar-refractivity contribution in [2.75, 3.05) is 25.2 Å². The molecule has 0 aromatic carbocycles. The average Bonchev–Trinajstić information content (AvgIpc) is 2.10. The van der Waals surface area contributed by atoms with E-state index >= 15 is 0 Å². The molecule has 1 rings (SSSR count). The summed E-state index contributed by atoms with van der Waals surface area (Å²) >= 11 is 0. The van der Waals surface area contributed by atoms with Crippen LogP contribution in [0.25, 0.3) is 0 Å². The van der Waals surface area contributed by atoms with Gasteiger partial charge in [-0.2, -0.15) is 0 Å². The summed E-state index contributed by atoms with van der Waals surface area (Å²) < 4.78 is 27.7. The first kappa shape index (κ1) is 10.9. The van der Waals surface area contributed by atoms with Gasteiger partial charge in [0.15, 0.2) is 9.84 Å². The van der Waals surface area contributed by atoms with Crippen LogP contribution in [-0.4, -0.2) is 39.2 Å². The Morgan fingerprint density at radius 3 is 2.31 bits per heavy atom. The van der Waals surface area contributed by atoms with Crippen LogP contribution in [0.4, 0.5) is 0 Å². The second-order valence-electron chi connectivity index (χ2n) is 3.58. The van der Waals surface area contributed by atoms with Gasteiger partial charge in [0.05, 0.1) is 17.1 Å². The molecule has 0 amide bonds. The maximum Gasteiger partial charge on any atom is 0.150 e. The van der Waals surface area contributed by atoms with Crippen molar-refractivity contribution in [2.24, 2.45) is 5.73 Å². The van der Waals surface area contributed by atoms with Gasteiger partial charge in [0, 0.05) is 7.11 Å². The Hall–Kier alpha value is -0.130. The van der Waals surface area contributed by atoms with Crippen LogP contribution in [0, 0.1) is 0 Å². The third kappa shape index (κ3) is 2.65. The summed E-state index contributed by atoms with van der Waals surface area (Å²) in [6.45, 7) is 0.549. The number of hydrogen-bond acceptors (Lipinski definition) is 4. The maximum atomic E-state index is 11.2. The van der Waals surface area contributed by atoms with E-state index in [1.807, 2.05) is 0 Å². The molecule has 2 N–H and O–H groups in total. The monoisotopic (exact) mass is 207 g/mol. The lowest BCUT2D eigenvalue weighted by molar-refractivity contribution is -0.0230. The van der Waals surface area contributed by atoms with Gasteiger partial charge in [0.25, 0.3) is 0 Å². The van der Waals surface area contributed by atoms with Crippen molar-refractivity contribution in [1.29, 1.82) is 0 Å². The molecule has 0 aromatic rings. The lowest BCUT2D eigenvalue weighted by atomic mass is 9.93. The van der Waals surface area contributed by atoms with E-state index in [0.717, 1.165) is 6.42 Å². The van der Waals surface area contributed by atoms with Gasteiger partial charge in [-0.1, -0.05) is 0 Å². The van der Waals surface area contributed by atoms with E-state index in [9.17, 15) is 8.42 Å². The Balaban J connectivity index is 2.63. The molecule has 0 saturated carbocycles. The molecule has 1 fully saturated rings. The molecule has 0 unspecified atom stereocenters. The average molecular weight is 207 g/mol. The van der Waals surface area contributed by atoms with E-state index in [0.29, 0.717) is 19.4 Å². The van der Waals surface area contributed by atoms with Gasteiger partial charge < -0.3 is 10.5 Å². The van der Waals surface area contributed by atoms with Crippen LogP contribution in [0.15, 0.2) is 0 Å². The molecule has 1 saturated heterocycles. The SMILES string of the molecule is COC1(CCN)CCS(=O)(=O)CC1. The van der Waals surface area contributed by atoms with E-state index in [4.69, 9.17) is 10.5 Å². The van der Waals surface area contributed by atoms with Crippen LogP contribution in [0.1, 0.15) is 19.3 Å². The minimum Gasteiger partial charge on any atom is -0.378 e. The first-order valence-electron chi connectivity index (χ1n) is 4.49. The topological polar surface area (TPSA) is 69.4 Å². The number of hydrogen-bond donors (Lipinski definition) is 1. The van der Waals surface area contributed by atoms with E-state index < -0.39 is 9.84 Å². The number of rotatable bonds is 3. The molecule has 1 aliphatic rings. The zero-order valence-corrected chi connectivity index (χ0v) is 8.77. The van der Waals surface area contributed by atoms with Crippen molar-refractivity contribution in [3.05, 3.63) is 0 Å². The third-order valence-corrected chi connectivity index (χ3v) is 4.42. The number of ether oxygens (including phenoxy) is 1. The number of sulfone groups is 1. The first-order chi connectivity index (χ1) is 6.04. The molecule has 0 atom stereocenters. The van der Waals surface area contributed by atoms with Gasteiger partial charge in [0.1, 0.15) is 0 Å². The third-order valence-electron chi connectivity index (χ3n) is 2.77. The molecule has 0 bridgehead atoms. The van der Waals surface area contributed by atoms with Crippen LogP contribution in [0.2, 0.25) is 0 Å². The van der Waals surface area contributed by atoms with Gasteiger partial charge in [0.2, 0.25) is 0 Å². The summed E-state index contributed by atoms with van der Waals surface area (Å²) in [7, 11) is -1.17. The van der Waals surface area contributed by atoms with E-state index in [2.05, 4.69) is 0 Å². The van der Waals surface area contributed by atoms with E-state index in [-0.39, 0.29) is 17.1 Å². The molecule has 4 nitrogen and oxygen atoms in total. The first-order valence-corrected chi connectivity index (χ1v) is 6.31. The van der Waals surface area contributed by atoms with Crippen LogP contribution in [0.5, 0.6) is 0 Å². The molecule has 5 heteroatoms. The van der Waals surface area contributed by atoms with Crippen molar-refractivity contribution in [3.8, 4) is 0 Å². The Bertz CT molecular complexity index is 247. The van der Waals surface area contributed by atoms with Crippen LogP contribution in [0.3, 0.4) is 0 Å². The highest BCUT2D eigenvalue weighted by Gasteiger charge is 2.36. The molecule has 0 radical (unpaired) electrons. The lowest BCUT2D eigenvalue weighted by Crippen LogP contribution is -2.42. The Labute approximate surface area is 79.4 Å². The highest BCUT2D eigenvalue weighted by Crippen LogP contribution is 2.29. The zero-order chi connectivity index (χ0) is 9.95. The summed E-state index contributed by atoms with van der Waals surface area (Å²) in [5.41, 5.74) is 5.18. The predicted molar refractivity (Wildman–Crippen MR) is 51.3 cm³/mol. The summed E-state index contributed by atoms with van der Waals surface area (Å²) in [6.07, 6.45) is 1.92. The molecule has 1 heterocycles. The fourth-order valence-electron chi connectivity index (χ4n) is 1.73. The fourth-order valence-corrected chi connectivity index (χ4v) is 3.30. The highest BCUT2D eigenvalue weighted by molar-refractivity contribution is 7.91. The van der Waals surface area contributed by atoms with Gasteiger partial charge in [-0.05, 0) is 25.8 Å². The van der Waals surface area contributed by atoms with Gasteiger partial charge in [-0.25, -0.2) is 8.42 Å². The second kappa shape index (κ2) is 3.94. The highest BCUT2D eigenvalue weighted by atomic mass is 32.2. The minimum absolute atomic E-state index is 0.237. The summed E-state index contributed by atoms with van der Waals surface area (Å²) in [4.78, 5) is 0. The van der Waals surface area contributed by atoms with Crippen LogP contribution in [-0.2, 0) is 14.6 Å². The predicted octanol–water partition coefficient (Wildman–Crippen LogP) is -0.0710. The standard InChI is InChI=1S/C8H17NO3S/c1-12-8(2-5-9)3-6-13(10,11)7-4-8/h2-7,9H2,1H3. The van der Waals surface area contributed by atoms with Crippen molar-refractivity contribution in [1.82, 2.24) is 0 Å². The quantitative estimate of drug-likeness (QED) is 0.703. The summed E-state index contributed by atoms with van der Waals surface area (Å²) in [5, 5.41) is 0. The van der Waals surface area contributed by atoms with Crippen molar-refractivity contribution in [2.45, 2.75) is 24.9 Å². The summed E-state index contributed by atoms with van der Waals surface area (Å²) in [6, 6.07) is 0. The van der Waals surface area contributed by atoms with Crippen molar-refractivity contribution < 1.29 is 13.2 Å². The van der Waals surface area contributed by atoms with Crippen molar-refractivity contribution >= 4 is 9.84 Å². The minimum atomic E-state index is -2.80. The maximum absolute atomic E-state index is 11.2. The normalized spacial score (nSPS) is 25.7. The lowest BCUT2D eigenvalue weighted by Gasteiger charge is -2.35. The number of methoxy groups -OCH3 is 1. The Morgan fingerprint density at radius 2 is 1.92 bits per heavy atom. The molecule has 0 aliphatic carbocycles. The van der Waals surface area contributed by atoms with Crippen LogP contribution < -0.4 is 5.73 Å². The summed E-state index contributed by atoms with van der Waals surface area (Å²) in [5.74, 6) is 0.474. The molecule has 1 aliphatic heterocycles. The van der Waals surface area contributed by atoms with E-state index in [1.54, 1.807) is 7.11 Å². The number of nitrogens with two attached hydrogens (primary N) is 1.